The minimum atomic E-state index is -1.06. The van der Waals surface area contributed by atoms with Gasteiger partial charge in [0.25, 0.3) is 5.91 Å². The van der Waals surface area contributed by atoms with Gasteiger partial charge >= 0.3 is 12.1 Å². The number of benzene rings is 2. The van der Waals surface area contributed by atoms with Crippen LogP contribution < -0.4 is 10.6 Å². The number of hydrogen-bond donors (Lipinski definition) is 3. The SMILES string of the molecule is CC(NC(=O)c1nonc1NC(=O)OCC1c2ccccc2-c2ccccc21)C(C)C(=O)O. The maximum absolute atomic E-state index is 12.4. The number of aliphatic carboxylic acids is 1. The first kappa shape index (κ1) is 22.0. The third kappa shape index (κ3) is 4.40. The lowest BCUT2D eigenvalue weighted by molar-refractivity contribution is -0.141. The number of carboxylic acid groups (broad SMARTS) is 1. The molecule has 1 aliphatic rings. The number of nitrogens with zero attached hydrogens (tertiary/aromatic N) is 2. The fourth-order valence-corrected chi connectivity index (χ4v) is 3.76. The van der Waals surface area contributed by atoms with Crippen LogP contribution in [0.3, 0.4) is 0 Å². The molecule has 0 bridgehead atoms. The first-order valence-corrected chi connectivity index (χ1v) is 10.3. The van der Waals surface area contributed by atoms with E-state index in [1.807, 2.05) is 48.5 Å². The summed E-state index contributed by atoms with van der Waals surface area (Å²) in [6.07, 6.45) is -0.825. The number of carboxylic acids is 1. The molecule has 2 aromatic carbocycles. The van der Waals surface area contributed by atoms with Crippen LogP contribution in [0.1, 0.15) is 41.4 Å². The smallest absolute Gasteiger partial charge is 0.412 e. The zero-order chi connectivity index (χ0) is 23.5. The third-order valence-electron chi connectivity index (χ3n) is 5.77. The van der Waals surface area contributed by atoms with Crippen molar-refractivity contribution in [2.75, 3.05) is 11.9 Å². The van der Waals surface area contributed by atoms with E-state index in [4.69, 9.17) is 9.84 Å². The first-order chi connectivity index (χ1) is 15.9. The van der Waals surface area contributed by atoms with Gasteiger partial charge in [-0.15, -0.1) is 0 Å². The highest BCUT2D eigenvalue weighted by atomic mass is 16.6. The molecule has 0 spiro atoms. The molecule has 170 valence electrons. The van der Waals surface area contributed by atoms with Gasteiger partial charge in [0.2, 0.25) is 11.5 Å². The number of amides is 2. The highest BCUT2D eigenvalue weighted by Gasteiger charge is 2.30. The van der Waals surface area contributed by atoms with Crippen molar-refractivity contribution in [3.63, 3.8) is 0 Å². The maximum Gasteiger partial charge on any atom is 0.412 e. The van der Waals surface area contributed by atoms with Crippen molar-refractivity contribution in [1.82, 2.24) is 15.6 Å². The molecule has 33 heavy (non-hydrogen) atoms. The van der Waals surface area contributed by atoms with Crippen LogP contribution in [0.4, 0.5) is 10.6 Å². The van der Waals surface area contributed by atoms with Gasteiger partial charge in [-0.2, -0.15) is 0 Å². The van der Waals surface area contributed by atoms with Crippen molar-refractivity contribution < 1.29 is 28.9 Å². The van der Waals surface area contributed by atoms with Crippen molar-refractivity contribution in [1.29, 1.82) is 0 Å². The van der Waals surface area contributed by atoms with Crippen LogP contribution in [0.2, 0.25) is 0 Å². The topological polar surface area (TPSA) is 144 Å². The van der Waals surface area contributed by atoms with E-state index in [0.717, 1.165) is 22.3 Å². The Morgan fingerprint density at radius 3 is 2.24 bits per heavy atom. The molecule has 3 N–H and O–H groups in total. The van der Waals surface area contributed by atoms with Gasteiger partial charge in [0.05, 0.1) is 5.92 Å². The average Bonchev–Trinajstić information content (AvgIpc) is 3.39. The van der Waals surface area contributed by atoms with Crippen LogP contribution in [0.25, 0.3) is 11.1 Å². The molecular formula is C23H22N4O6. The molecule has 3 aromatic rings. The molecule has 1 aromatic heterocycles. The molecule has 1 aliphatic carbocycles. The normalized spacial score (nSPS) is 14.0. The summed E-state index contributed by atoms with van der Waals surface area (Å²) in [5, 5.41) is 21.0. The molecule has 0 aliphatic heterocycles. The van der Waals surface area contributed by atoms with Crippen LogP contribution in [-0.2, 0) is 9.53 Å². The summed E-state index contributed by atoms with van der Waals surface area (Å²) in [5.41, 5.74) is 4.05. The summed E-state index contributed by atoms with van der Waals surface area (Å²) in [6.45, 7) is 3.09. The number of carbonyl (C=O) groups is 3. The van der Waals surface area contributed by atoms with Gasteiger partial charge in [-0.05, 0) is 46.4 Å². The number of nitrogens with one attached hydrogen (secondary N) is 2. The fourth-order valence-electron chi connectivity index (χ4n) is 3.76. The third-order valence-corrected chi connectivity index (χ3v) is 5.77. The zero-order valence-electron chi connectivity index (χ0n) is 17.9. The lowest BCUT2D eigenvalue weighted by Gasteiger charge is -2.17. The van der Waals surface area contributed by atoms with Gasteiger partial charge in [-0.1, -0.05) is 48.5 Å². The van der Waals surface area contributed by atoms with E-state index in [-0.39, 0.29) is 24.0 Å². The van der Waals surface area contributed by atoms with Gasteiger partial charge in [0, 0.05) is 12.0 Å². The molecule has 0 fully saturated rings. The quantitative estimate of drug-likeness (QED) is 0.498. The maximum atomic E-state index is 12.4. The standard InChI is InChI=1S/C23H22N4O6/c1-12(22(29)30)13(2)24-21(28)19-20(27-33-26-19)25-23(31)32-11-18-16-9-5-3-7-14(16)15-8-4-6-10-17(15)18/h3-10,12-13,18H,11H2,1-2H3,(H,24,28)(H,29,30)(H,25,27,31). The monoisotopic (exact) mass is 450 g/mol. The highest BCUT2D eigenvalue weighted by Crippen LogP contribution is 2.44. The van der Waals surface area contributed by atoms with Gasteiger partial charge in [0.1, 0.15) is 6.61 Å². The molecular weight excluding hydrogens is 428 g/mol. The van der Waals surface area contributed by atoms with E-state index in [0.29, 0.717) is 0 Å². The Morgan fingerprint density at radius 2 is 1.64 bits per heavy atom. The zero-order valence-corrected chi connectivity index (χ0v) is 17.9. The molecule has 0 saturated carbocycles. The van der Waals surface area contributed by atoms with E-state index in [9.17, 15) is 14.4 Å². The summed E-state index contributed by atoms with van der Waals surface area (Å²) in [7, 11) is 0. The Labute approximate surface area is 188 Å². The van der Waals surface area contributed by atoms with Crippen LogP contribution in [0.5, 0.6) is 0 Å². The van der Waals surface area contributed by atoms with E-state index in [2.05, 4.69) is 25.6 Å². The number of aromatic nitrogens is 2. The predicted octanol–water partition coefficient (Wildman–Crippen LogP) is 3.27. The molecule has 2 unspecified atom stereocenters. The van der Waals surface area contributed by atoms with Crippen molar-refractivity contribution in [3.05, 3.63) is 65.4 Å². The fraction of sp³-hybridized carbons (Fsp3) is 0.261. The number of rotatable bonds is 7. The number of carbonyl (C=O) groups excluding carboxylic acids is 2. The summed E-state index contributed by atoms with van der Waals surface area (Å²) >= 11 is 0. The van der Waals surface area contributed by atoms with Crippen LogP contribution in [0, 0.1) is 5.92 Å². The van der Waals surface area contributed by atoms with Gasteiger partial charge in [-0.3, -0.25) is 14.9 Å². The number of fused-ring (bicyclic) bond motifs is 3. The van der Waals surface area contributed by atoms with Crippen molar-refractivity contribution in [2.24, 2.45) is 5.92 Å². The molecule has 4 rings (SSSR count). The summed E-state index contributed by atoms with van der Waals surface area (Å²) < 4.78 is 10.0. The summed E-state index contributed by atoms with van der Waals surface area (Å²) in [4.78, 5) is 35.9. The van der Waals surface area contributed by atoms with E-state index < -0.39 is 29.9 Å². The second-order valence-corrected chi connectivity index (χ2v) is 7.80. The van der Waals surface area contributed by atoms with Crippen LogP contribution >= 0.6 is 0 Å². The molecule has 10 nitrogen and oxygen atoms in total. The van der Waals surface area contributed by atoms with Crippen LogP contribution in [-0.4, -0.2) is 46.0 Å². The largest absolute Gasteiger partial charge is 0.481 e. The minimum absolute atomic E-state index is 0.0832. The Morgan fingerprint density at radius 1 is 1.03 bits per heavy atom. The number of anilines is 1. The molecule has 1 heterocycles. The van der Waals surface area contributed by atoms with Gasteiger partial charge in [0.15, 0.2) is 0 Å². The van der Waals surface area contributed by atoms with Gasteiger partial charge in [-0.25, -0.2) is 9.42 Å². The number of hydrogen-bond acceptors (Lipinski definition) is 7. The molecule has 2 amide bonds. The lowest BCUT2D eigenvalue weighted by atomic mass is 9.98. The van der Waals surface area contributed by atoms with Crippen molar-refractivity contribution in [2.45, 2.75) is 25.8 Å². The highest BCUT2D eigenvalue weighted by molar-refractivity contribution is 5.99. The second kappa shape index (κ2) is 9.11. The van der Waals surface area contributed by atoms with Crippen LogP contribution in [0.15, 0.2) is 53.2 Å². The summed E-state index contributed by atoms with van der Waals surface area (Å²) in [5.74, 6) is -2.96. The summed E-state index contributed by atoms with van der Waals surface area (Å²) in [6, 6.07) is 15.2. The molecule has 0 saturated heterocycles. The number of ether oxygens (including phenoxy) is 1. The van der Waals surface area contributed by atoms with E-state index >= 15 is 0 Å². The van der Waals surface area contributed by atoms with Crippen molar-refractivity contribution in [3.8, 4) is 11.1 Å². The molecule has 2 atom stereocenters. The van der Waals surface area contributed by atoms with E-state index in [1.54, 1.807) is 6.92 Å². The Kier molecular flexibility index (Phi) is 6.07. The first-order valence-electron chi connectivity index (χ1n) is 10.3. The molecule has 0 radical (unpaired) electrons. The minimum Gasteiger partial charge on any atom is -0.481 e. The Hall–Kier alpha value is -4.21. The van der Waals surface area contributed by atoms with E-state index in [1.165, 1.54) is 6.92 Å². The predicted molar refractivity (Wildman–Crippen MR) is 117 cm³/mol. The Balaban J connectivity index is 1.41. The lowest BCUT2D eigenvalue weighted by Crippen LogP contribution is -2.40. The molecule has 10 heteroatoms. The van der Waals surface area contributed by atoms with Crippen molar-refractivity contribution >= 4 is 23.8 Å². The second-order valence-electron chi connectivity index (χ2n) is 7.80. The Bertz CT molecular complexity index is 1160. The van der Waals surface area contributed by atoms with Gasteiger partial charge < -0.3 is 15.2 Å². The average molecular weight is 450 g/mol.